The molecule has 2 rings (SSSR count). The van der Waals surface area contributed by atoms with Gasteiger partial charge in [0.2, 0.25) is 5.91 Å². The Hall–Kier alpha value is -0.680. The Kier molecular flexibility index (Phi) is 5.58. The Morgan fingerprint density at radius 1 is 1.16 bits per heavy atom. The van der Waals surface area contributed by atoms with Crippen LogP contribution in [0.5, 0.6) is 0 Å². The largest absolute Gasteiger partial charge is 0.392 e. The van der Waals surface area contributed by atoms with Crippen LogP contribution in [0.4, 0.5) is 0 Å². The smallest absolute Gasteiger partial charge is 0.223 e. The highest BCUT2D eigenvalue weighted by molar-refractivity contribution is 7.80. The van der Waals surface area contributed by atoms with Gasteiger partial charge in [-0.1, -0.05) is 31.5 Å². The van der Waals surface area contributed by atoms with Crippen LogP contribution in [0.3, 0.4) is 0 Å². The Labute approximate surface area is 120 Å². The molecule has 1 unspecified atom stereocenters. The van der Waals surface area contributed by atoms with E-state index < -0.39 is 0 Å². The van der Waals surface area contributed by atoms with Gasteiger partial charge >= 0.3 is 0 Å². The molecule has 108 valence electrons. The molecule has 2 aliphatic rings. The maximum absolute atomic E-state index is 12.3. The van der Waals surface area contributed by atoms with Crippen molar-refractivity contribution >= 4 is 23.1 Å². The summed E-state index contributed by atoms with van der Waals surface area (Å²) in [4.78, 5) is 12.7. The lowest BCUT2D eigenvalue weighted by Gasteiger charge is -2.32. The van der Waals surface area contributed by atoms with Gasteiger partial charge in [0.15, 0.2) is 0 Å². The second-order valence-corrected chi connectivity index (χ2v) is 6.14. The van der Waals surface area contributed by atoms with Crippen molar-refractivity contribution in [2.24, 2.45) is 17.6 Å². The van der Waals surface area contributed by atoms with Gasteiger partial charge in [-0.25, -0.2) is 0 Å². The maximum Gasteiger partial charge on any atom is 0.223 e. The van der Waals surface area contributed by atoms with E-state index in [0.717, 1.165) is 25.7 Å². The van der Waals surface area contributed by atoms with Crippen LogP contribution >= 0.6 is 12.2 Å². The topological polar surface area (TPSA) is 64.3 Å². The molecule has 2 fully saturated rings. The molecule has 1 aliphatic carbocycles. The molecule has 1 saturated heterocycles. The third-order valence-corrected chi connectivity index (χ3v) is 4.57. The highest BCUT2D eigenvalue weighted by atomic mass is 32.1. The van der Waals surface area contributed by atoms with E-state index in [1.807, 2.05) is 0 Å². The summed E-state index contributed by atoms with van der Waals surface area (Å²) in [5.74, 6) is 0.593. The molecule has 0 spiro atoms. The lowest BCUT2D eigenvalue weighted by molar-refractivity contribution is -0.128. The van der Waals surface area contributed by atoms with Crippen LogP contribution in [0.1, 0.15) is 44.9 Å². The first-order chi connectivity index (χ1) is 9.18. The average molecular weight is 284 g/mol. The van der Waals surface area contributed by atoms with Gasteiger partial charge in [0.25, 0.3) is 0 Å². The zero-order valence-corrected chi connectivity index (χ0v) is 12.2. The summed E-state index contributed by atoms with van der Waals surface area (Å²) in [5.41, 5.74) is 5.84. The number of ether oxygens (including phenoxy) is 1. The molecule has 1 heterocycles. The van der Waals surface area contributed by atoms with Gasteiger partial charge in [0.05, 0.1) is 11.0 Å². The van der Waals surface area contributed by atoms with E-state index in [1.54, 1.807) is 0 Å². The van der Waals surface area contributed by atoms with Crippen LogP contribution < -0.4 is 11.1 Å². The van der Waals surface area contributed by atoms with Gasteiger partial charge < -0.3 is 15.8 Å². The lowest BCUT2D eigenvalue weighted by atomic mass is 9.83. The minimum Gasteiger partial charge on any atom is -0.392 e. The van der Waals surface area contributed by atoms with Crippen molar-refractivity contribution in [1.29, 1.82) is 0 Å². The predicted molar refractivity (Wildman–Crippen MR) is 78.8 cm³/mol. The summed E-state index contributed by atoms with van der Waals surface area (Å²) in [6.07, 6.45) is 7.58. The highest BCUT2D eigenvalue weighted by Gasteiger charge is 2.30. The van der Waals surface area contributed by atoms with E-state index in [9.17, 15) is 4.79 Å². The minimum absolute atomic E-state index is 0.0641. The average Bonchev–Trinajstić information content (AvgIpc) is 2.46. The van der Waals surface area contributed by atoms with Crippen molar-refractivity contribution in [3.63, 3.8) is 0 Å². The maximum atomic E-state index is 12.3. The first-order valence-electron chi connectivity index (χ1n) is 7.36. The van der Waals surface area contributed by atoms with Crippen LogP contribution in [-0.2, 0) is 9.53 Å². The number of thiocarbonyl (C=S) groups is 1. The molecule has 0 aromatic carbocycles. The Bertz CT molecular complexity index is 323. The van der Waals surface area contributed by atoms with Gasteiger partial charge in [-0.3, -0.25) is 4.79 Å². The molecule has 0 aromatic heterocycles. The lowest BCUT2D eigenvalue weighted by Crippen LogP contribution is -2.51. The van der Waals surface area contributed by atoms with Gasteiger partial charge in [0, 0.05) is 19.1 Å². The van der Waals surface area contributed by atoms with Crippen molar-refractivity contribution in [3.8, 4) is 0 Å². The summed E-state index contributed by atoms with van der Waals surface area (Å²) in [6, 6.07) is -0.120. The van der Waals surface area contributed by atoms with Crippen molar-refractivity contribution in [2.45, 2.75) is 51.0 Å². The number of hydrogen-bond donors (Lipinski definition) is 2. The second kappa shape index (κ2) is 7.20. The van der Waals surface area contributed by atoms with Crippen LogP contribution in [0.25, 0.3) is 0 Å². The predicted octanol–water partition coefficient (Wildman–Crippen LogP) is 1.76. The van der Waals surface area contributed by atoms with Gasteiger partial charge in [0.1, 0.15) is 0 Å². The molecule has 3 N–H and O–H groups in total. The molecular formula is C14H24N2O2S. The SMILES string of the molecule is NC(=S)C(NC(=O)C1CCOCC1)C1CCCCC1. The quantitative estimate of drug-likeness (QED) is 0.772. The summed E-state index contributed by atoms with van der Waals surface area (Å²) in [5, 5.41) is 3.10. The molecule has 0 radical (unpaired) electrons. The molecule has 5 heteroatoms. The van der Waals surface area contributed by atoms with Crippen molar-refractivity contribution in [2.75, 3.05) is 13.2 Å². The van der Waals surface area contributed by atoms with Gasteiger partial charge in [-0.05, 0) is 31.6 Å². The molecule has 1 aliphatic heterocycles. The van der Waals surface area contributed by atoms with Crippen molar-refractivity contribution in [1.82, 2.24) is 5.32 Å². The molecule has 1 atom stereocenters. The van der Waals surface area contributed by atoms with Crippen LogP contribution in [0, 0.1) is 11.8 Å². The summed E-state index contributed by atoms with van der Waals surface area (Å²) in [6.45, 7) is 1.36. The van der Waals surface area contributed by atoms with Crippen LogP contribution in [-0.4, -0.2) is 30.2 Å². The fourth-order valence-electron chi connectivity index (χ4n) is 3.12. The fourth-order valence-corrected chi connectivity index (χ4v) is 3.37. The van der Waals surface area contributed by atoms with Crippen molar-refractivity contribution in [3.05, 3.63) is 0 Å². The number of nitrogens with two attached hydrogens (primary N) is 1. The number of hydrogen-bond acceptors (Lipinski definition) is 3. The standard InChI is InChI=1S/C14H24N2O2S/c15-13(19)12(10-4-2-1-3-5-10)16-14(17)11-6-8-18-9-7-11/h10-12H,1-9H2,(H2,15,19)(H,16,17). The van der Waals surface area contributed by atoms with Crippen molar-refractivity contribution < 1.29 is 9.53 Å². The first-order valence-corrected chi connectivity index (χ1v) is 7.76. The zero-order valence-electron chi connectivity index (χ0n) is 11.4. The number of nitrogens with one attached hydrogen (secondary N) is 1. The molecule has 19 heavy (non-hydrogen) atoms. The molecule has 0 bridgehead atoms. The summed E-state index contributed by atoms with van der Waals surface area (Å²) < 4.78 is 5.29. The molecule has 0 aromatic rings. The fraction of sp³-hybridized carbons (Fsp3) is 0.857. The Morgan fingerprint density at radius 3 is 2.37 bits per heavy atom. The van der Waals surface area contributed by atoms with Gasteiger partial charge in [-0.2, -0.15) is 0 Å². The van der Waals surface area contributed by atoms with Crippen LogP contribution in [0.2, 0.25) is 0 Å². The number of rotatable bonds is 4. The normalized spacial score (nSPS) is 23.8. The molecule has 4 nitrogen and oxygen atoms in total. The summed E-state index contributed by atoms with van der Waals surface area (Å²) in [7, 11) is 0. The second-order valence-electron chi connectivity index (χ2n) is 5.67. The number of carbonyl (C=O) groups excluding carboxylic acids is 1. The van der Waals surface area contributed by atoms with E-state index in [4.69, 9.17) is 22.7 Å². The Balaban J connectivity index is 1.91. The van der Waals surface area contributed by atoms with Gasteiger partial charge in [-0.15, -0.1) is 0 Å². The van der Waals surface area contributed by atoms with E-state index >= 15 is 0 Å². The molecule has 1 saturated carbocycles. The first kappa shape index (κ1) is 14.7. The number of carbonyl (C=O) groups is 1. The monoisotopic (exact) mass is 284 g/mol. The summed E-state index contributed by atoms with van der Waals surface area (Å²) >= 11 is 5.16. The molecule has 1 amide bonds. The highest BCUT2D eigenvalue weighted by Crippen LogP contribution is 2.27. The minimum atomic E-state index is -0.120. The van der Waals surface area contributed by atoms with E-state index in [-0.39, 0.29) is 17.9 Å². The van der Waals surface area contributed by atoms with Crippen LogP contribution in [0.15, 0.2) is 0 Å². The molecular weight excluding hydrogens is 260 g/mol. The van der Waals surface area contributed by atoms with E-state index in [2.05, 4.69) is 5.32 Å². The van der Waals surface area contributed by atoms with E-state index in [0.29, 0.717) is 24.1 Å². The zero-order chi connectivity index (χ0) is 13.7. The Morgan fingerprint density at radius 2 is 1.79 bits per heavy atom. The van der Waals surface area contributed by atoms with E-state index in [1.165, 1.54) is 19.3 Å². The third-order valence-electron chi connectivity index (χ3n) is 4.32. The number of amides is 1. The third kappa shape index (κ3) is 4.14.